The normalized spacial score (nSPS) is 17.2. The Hall–Kier alpha value is -1.57. The third-order valence-electron chi connectivity index (χ3n) is 8.84. The SMILES string of the molecule is C[N+]1(CCC(=O)NCc2cccc3cc4cccc(CNC(=O)CC[N+]5(C)CCCC5)c4nc23)CCCC1.[I-].[I-]. The third kappa shape index (κ3) is 8.25. The van der Waals surface area contributed by atoms with E-state index in [4.69, 9.17) is 4.98 Å². The number of carbonyl (C=O) groups is 2. The fraction of sp³-hybridized carbons (Fsp3) is 0.516. The Morgan fingerprint density at radius 3 is 1.50 bits per heavy atom. The van der Waals surface area contributed by atoms with E-state index in [1.54, 1.807) is 0 Å². The number of para-hydroxylation sites is 2. The van der Waals surface area contributed by atoms with E-state index in [0.29, 0.717) is 25.9 Å². The standard InChI is InChI=1S/C31H41N5O2.2HI/c1-35(15-3-4-16-35)19-13-28(37)32-22-26-11-7-9-24-21-25-10-8-12-27(31(25)34-30(24)26)23-33-29(38)14-20-36(2)17-5-6-18-36;;/h7-12,21H,3-6,13-20,22-23H2,1-2H3;2*1H. The number of aromatic nitrogens is 1. The summed E-state index contributed by atoms with van der Waals surface area (Å²) >= 11 is 0. The first kappa shape index (κ1) is 32.9. The van der Waals surface area contributed by atoms with Crippen molar-refractivity contribution in [2.45, 2.75) is 51.6 Å². The highest BCUT2D eigenvalue weighted by molar-refractivity contribution is 5.95. The number of hydrogen-bond donors (Lipinski definition) is 2. The Kier molecular flexibility index (Phi) is 12.0. The summed E-state index contributed by atoms with van der Waals surface area (Å²) in [6.45, 7) is 7.44. The molecule has 0 atom stereocenters. The van der Waals surface area contributed by atoms with Gasteiger partial charge in [0.15, 0.2) is 0 Å². The maximum atomic E-state index is 12.6. The molecule has 5 rings (SSSR count). The molecule has 40 heavy (non-hydrogen) atoms. The topological polar surface area (TPSA) is 71.1 Å². The van der Waals surface area contributed by atoms with Crippen LogP contribution in [0.4, 0.5) is 0 Å². The fourth-order valence-electron chi connectivity index (χ4n) is 6.24. The molecule has 2 amide bonds. The summed E-state index contributed by atoms with van der Waals surface area (Å²) < 4.78 is 2.01. The molecule has 218 valence electrons. The van der Waals surface area contributed by atoms with Gasteiger partial charge in [0.25, 0.3) is 0 Å². The highest BCUT2D eigenvalue weighted by atomic mass is 127. The van der Waals surface area contributed by atoms with Gasteiger partial charge in [-0.05, 0) is 17.2 Å². The van der Waals surface area contributed by atoms with E-state index >= 15 is 0 Å². The van der Waals surface area contributed by atoms with Gasteiger partial charge in [-0.2, -0.15) is 0 Å². The van der Waals surface area contributed by atoms with Crippen molar-refractivity contribution < 1.29 is 66.5 Å². The summed E-state index contributed by atoms with van der Waals surface area (Å²) in [5, 5.41) is 8.37. The molecule has 0 radical (unpaired) electrons. The molecule has 2 aromatic carbocycles. The molecule has 2 fully saturated rings. The van der Waals surface area contributed by atoms with Gasteiger partial charge in [-0.3, -0.25) is 9.59 Å². The minimum atomic E-state index is 0. The Morgan fingerprint density at radius 1 is 0.700 bits per heavy atom. The molecule has 3 heterocycles. The average Bonchev–Trinajstić information content (AvgIpc) is 3.56. The van der Waals surface area contributed by atoms with Gasteiger partial charge in [-0.25, -0.2) is 4.98 Å². The lowest BCUT2D eigenvalue weighted by atomic mass is 10.0. The number of hydrogen-bond acceptors (Lipinski definition) is 3. The maximum absolute atomic E-state index is 12.6. The molecule has 2 N–H and O–H groups in total. The number of fused-ring (bicyclic) bond motifs is 2. The summed E-state index contributed by atoms with van der Waals surface area (Å²) in [6.07, 6.45) is 6.16. The fourth-order valence-corrected chi connectivity index (χ4v) is 6.24. The van der Waals surface area contributed by atoms with E-state index in [0.717, 1.165) is 55.0 Å². The molecule has 2 saturated heterocycles. The number of pyridine rings is 1. The first-order valence-corrected chi connectivity index (χ1v) is 14.3. The van der Waals surface area contributed by atoms with Crippen molar-refractivity contribution in [3.8, 4) is 0 Å². The summed E-state index contributed by atoms with van der Waals surface area (Å²) in [5.41, 5.74) is 3.84. The van der Waals surface area contributed by atoms with Gasteiger partial charge in [0, 0.05) is 49.5 Å². The van der Waals surface area contributed by atoms with Gasteiger partial charge in [0.1, 0.15) is 0 Å². The molecular formula is C31H43I2N5O2. The van der Waals surface area contributed by atoms with Crippen molar-refractivity contribution in [2.75, 3.05) is 53.4 Å². The number of quaternary nitrogens is 2. The predicted molar refractivity (Wildman–Crippen MR) is 152 cm³/mol. The number of amides is 2. The van der Waals surface area contributed by atoms with E-state index < -0.39 is 0 Å². The molecule has 0 bridgehead atoms. The van der Waals surface area contributed by atoms with Gasteiger partial charge in [-0.1, -0.05) is 36.4 Å². The number of likely N-dealkylation sites (tertiary alicyclic amines) is 2. The van der Waals surface area contributed by atoms with Crippen molar-refractivity contribution in [3.63, 3.8) is 0 Å². The average molecular weight is 772 g/mol. The zero-order valence-electron chi connectivity index (χ0n) is 23.9. The molecule has 0 aliphatic carbocycles. The number of nitrogens with zero attached hydrogens (tertiary/aromatic N) is 3. The first-order chi connectivity index (χ1) is 18.3. The Balaban J connectivity index is 0.00000220. The Morgan fingerprint density at radius 2 is 1.10 bits per heavy atom. The molecule has 0 saturated carbocycles. The van der Waals surface area contributed by atoms with Gasteiger partial charge in [0.05, 0.1) is 77.2 Å². The first-order valence-electron chi connectivity index (χ1n) is 14.3. The minimum absolute atomic E-state index is 0. The van der Waals surface area contributed by atoms with E-state index in [2.05, 4.69) is 42.9 Å². The molecule has 3 aromatic rings. The molecule has 2 aliphatic rings. The molecular weight excluding hydrogens is 728 g/mol. The van der Waals surface area contributed by atoms with Crippen molar-refractivity contribution in [2.24, 2.45) is 0 Å². The van der Waals surface area contributed by atoms with Crippen LogP contribution >= 0.6 is 0 Å². The number of rotatable bonds is 10. The van der Waals surface area contributed by atoms with Crippen LogP contribution in [0.25, 0.3) is 21.8 Å². The zero-order valence-corrected chi connectivity index (χ0v) is 28.2. The lowest BCUT2D eigenvalue weighted by molar-refractivity contribution is -0.897. The second-order valence-corrected chi connectivity index (χ2v) is 12.0. The molecule has 2 aliphatic heterocycles. The lowest BCUT2D eigenvalue weighted by Gasteiger charge is -2.28. The van der Waals surface area contributed by atoms with Crippen molar-refractivity contribution in [1.29, 1.82) is 0 Å². The lowest BCUT2D eigenvalue weighted by Crippen LogP contribution is -3.00. The van der Waals surface area contributed by atoms with E-state index in [9.17, 15) is 9.59 Å². The van der Waals surface area contributed by atoms with Crippen LogP contribution < -0.4 is 58.6 Å². The third-order valence-corrected chi connectivity index (χ3v) is 8.84. The van der Waals surface area contributed by atoms with Crippen LogP contribution in [-0.2, 0) is 22.7 Å². The maximum Gasteiger partial charge on any atom is 0.225 e. The molecule has 7 nitrogen and oxygen atoms in total. The summed E-state index contributed by atoms with van der Waals surface area (Å²) in [5.74, 6) is 0.199. The highest BCUT2D eigenvalue weighted by Gasteiger charge is 2.28. The second-order valence-electron chi connectivity index (χ2n) is 12.0. The summed E-state index contributed by atoms with van der Waals surface area (Å²) in [4.78, 5) is 30.3. The molecule has 0 unspecified atom stereocenters. The van der Waals surface area contributed by atoms with Gasteiger partial charge < -0.3 is 67.6 Å². The number of benzene rings is 2. The van der Waals surface area contributed by atoms with Gasteiger partial charge in [0.2, 0.25) is 11.8 Å². The van der Waals surface area contributed by atoms with E-state index in [1.807, 2.05) is 24.3 Å². The molecule has 0 spiro atoms. The monoisotopic (exact) mass is 771 g/mol. The van der Waals surface area contributed by atoms with Crippen LogP contribution in [-0.4, -0.2) is 79.1 Å². The van der Waals surface area contributed by atoms with Crippen LogP contribution in [0.15, 0.2) is 42.5 Å². The van der Waals surface area contributed by atoms with Gasteiger partial charge in [-0.15, -0.1) is 0 Å². The molecule has 9 heteroatoms. The zero-order chi connectivity index (χ0) is 26.6. The summed E-state index contributed by atoms with van der Waals surface area (Å²) in [6, 6.07) is 14.4. The second kappa shape index (κ2) is 14.6. The van der Waals surface area contributed by atoms with Crippen LogP contribution in [0, 0.1) is 0 Å². The Labute approximate surface area is 272 Å². The van der Waals surface area contributed by atoms with Crippen LogP contribution in [0.2, 0.25) is 0 Å². The van der Waals surface area contributed by atoms with Crippen LogP contribution in [0.5, 0.6) is 0 Å². The van der Waals surface area contributed by atoms with Gasteiger partial charge >= 0.3 is 0 Å². The van der Waals surface area contributed by atoms with E-state index in [1.165, 1.54) is 51.9 Å². The van der Waals surface area contributed by atoms with E-state index in [-0.39, 0.29) is 59.8 Å². The highest BCUT2D eigenvalue weighted by Crippen LogP contribution is 2.25. The van der Waals surface area contributed by atoms with Crippen LogP contribution in [0.3, 0.4) is 0 Å². The number of carbonyl (C=O) groups excluding carboxylic acids is 2. The van der Waals surface area contributed by atoms with Crippen LogP contribution in [0.1, 0.15) is 49.7 Å². The van der Waals surface area contributed by atoms with Crippen molar-refractivity contribution in [3.05, 3.63) is 53.6 Å². The van der Waals surface area contributed by atoms with Crippen molar-refractivity contribution >= 4 is 33.6 Å². The predicted octanol–water partition coefficient (Wildman–Crippen LogP) is -2.11. The smallest absolute Gasteiger partial charge is 0.225 e. The Bertz CT molecular complexity index is 1220. The van der Waals surface area contributed by atoms with Crippen molar-refractivity contribution in [1.82, 2.24) is 15.6 Å². The number of nitrogens with one attached hydrogen (secondary N) is 2. The largest absolute Gasteiger partial charge is 1.00 e. The molecule has 1 aromatic heterocycles. The minimum Gasteiger partial charge on any atom is -1.00 e. The quantitative estimate of drug-likeness (QED) is 0.141. The summed E-state index contributed by atoms with van der Waals surface area (Å²) in [7, 11) is 4.52. The number of halogens is 2.